The Balaban J connectivity index is 0.00000450. The van der Waals surface area contributed by atoms with Gasteiger partial charge >= 0.3 is 0 Å². The first kappa shape index (κ1) is 25.6. The van der Waals surface area contributed by atoms with Crippen molar-refractivity contribution in [3.63, 3.8) is 0 Å². The Bertz CT molecular complexity index is 796. The van der Waals surface area contributed by atoms with Crippen LogP contribution in [0.15, 0.2) is 46.0 Å². The van der Waals surface area contributed by atoms with E-state index < -0.39 is 0 Å². The molecule has 0 aliphatic carbocycles. The molecule has 1 atom stereocenters. The summed E-state index contributed by atoms with van der Waals surface area (Å²) in [6.07, 6.45) is 1.57. The predicted molar refractivity (Wildman–Crippen MR) is 128 cm³/mol. The molecule has 166 valence electrons. The minimum Gasteiger partial charge on any atom is -0.490 e. The Kier molecular flexibility index (Phi) is 11.7. The first-order chi connectivity index (χ1) is 14.1. The highest BCUT2D eigenvalue weighted by molar-refractivity contribution is 14.0. The maximum atomic E-state index is 12.0. The van der Waals surface area contributed by atoms with Gasteiger partial charge in [-0.3, -0.25) is 9.79 Å². The van der Waals surface area contributed by atoms with E-state index >= 15 is 0 Å². The molecular formula is C21H31IN4O4. The second kappa shape index (κ2) is 13.7. The third-order valence-electron chi connectivity index (χ3n) is 4.10. The van der Waals surface area contributed by atoms with Crippen LogP contribution in [0, 0.1) is 0 Å². The molecule has 0 spiro atoms. The molecule has 0 saturated heterocycles. The number of ether oxygens (including phenoxy) is 2. The third kappa shape index (κ3) is 8.13. The van der Waals surface area contributed by atoms with Gasteiger partial charge in [-0.1, -0.05) is 6.07 Å². The molecule has 9 heteroatoms. The standard InChI is InChI=1S/C21H30N4O4.HI/c1-5-27-18-10-9-16(12-19(18)28-6-2)15(3)25-21(22-4)24-14-20(26)23-13-17-8-7-11-29-17;/h7-12,15H,5-6,13-14H2,1-4H3,(H,23,26)(H2,22,24,25);1H. The maximum Gasteiger partial charge on any atom is 0.239 e. The SMILES string of the molecule is CCOc1ccc(C(C)NC(=NC)NCC(=O)NCc2ccco2)cc1OCC.I. The summed E-state index contributed by atoms with van der Waals surface area (Å²) < 4.78 is 16.5. The highest BCUT2D eigenvalue weighted by Crippen LogP contribution is 2.30. The molecule has 0 saturated carbocycles. The summed E-state index contributed by atoms with van der Waals surface area (Å²) in [4.78, 5) is 16.2. The van der Waals surface area contributed by atoms with E-state index in [9.17, 15) is 4.79 Å². The average molecular weight is 530 g/mol. The van der Waals surface area contributed by atoms with Gasteiger partial charge in [-0.2, -0.15) is 0 Å². The molecule has 0 radical (unpaired) electrons. The van der Waals surface area contributed by atoms with E-state index in [1.54, 1.807) is 19.4 Å². The van der Waals surface area contributed by atoms with Gasteiger partial charge in [0.05, 0.1) is 38.6 Å². The van der Waals surface area contributed by atoms with Gasteiger partial charge < -0.3 is 29.8 Å². The lowest BCUT2D eigenvalue weighted by Gasteiger charge is -2.20. The van der Waals surface area contributed by atoms with E-state index in [0.717, 1.165) is 11.3 Å². The minimum absolute atomic E-state index is 0. The fourth-order valence-electron chi connectivity index (χ4n) is 2.65. The van der Waals surface area contributed by atoms with Gasteiger partial charge in [-0.25, -0.2) is 0 Å². The van der Waals surface area contributed by atoms with Crippen LogP contribution in [-0.4, -0.2) is 38.7 Å². The summed E-state index contributed by atoms with van der Waals surface area (Å²) in [6, 6.07) is 9.38. The van der Waals surface area contributed by atoms with Crippen molar-refractivity contribution < 1.29 is 18.7 Å². The number of amides is 1. The second-order valence-electron chi connectivity index (χ2n) is 6.22. The van der Waals surface area contributed by atoms with Crippen molar-refractivity contribution in [1.29, 1.82) is 0 Å². The van der Waals surface area contributed by atoms with Crippen molar-refractivity contribution in [2.75, 3.05) is 26.8 Å². The molecule has 1 aromatic carbocycles. The number of rotatable bonds is 10. The summed E-state index contributed by atoms with van der Waals surface area (Å²) >= 11 is 0. The van der Waals surface area contributed by atoms with E-state index in [1.165, 1.54) is 0 Å². The van der Waals surface area contributed by atoms with E-state index in [1.807, 2.05) is 45.0 Å². The smallest absolute Gasteiger partial charge is 0.239 e. The summed E-state index contributed by atoms with van der Waals surface area (Å²) in [5.74, 6) is 2.51. The van der Waals surface area contributed by atoms with Crippen molar-refractivity contribution in [1.82, 2.24) is 16.0 Å². The Hall–Kier alpha value is -2.43. The molecule has 8 nitrogen and oxygen atoms in total. The van der Waals surface area contributed by atoms with Crippen molar-refractivity contribution >= 4 is 35.8 Å². The monoisotopic (exact) mass is 530 g/mol. The minimum atomic E-state index is -0.156. The number of carbonyl (C=O) groups is 1. The van der Waals surface area contributed by atoms with Crippen LogP contribution in [0.25, 0.3) is 0 Å². The maximum absolute atomic E-state index is 12.0. The summed E-state index contributed by atoms with van der Waals surface area (Å²) in [5.41, 5.74) is 1.02. The lowest BCUT2D eigenvalue weighted by molar-refractivity contribution is -0.120. The Morgan fingerprint density at radius 2 is 1.87 bits per heavy atom. The molecule has 1 aromatic heterocycles. The number of halogens is 1. The Labute approximate surface area is 194 Å². The van der Waals surface area contributed by atoms with Gasteiger partial charge in [-0.05, 0) is 50.6 Å². The number of carbonyl (C=O) groups excluding carboxylic acids is 1. The number of furan rings is 1. The molecule has 3 N–H and O–H groups in total. The molecular weight excluding hydrogens is 499 g/mol. The first-order valence-corrected chi connectivity index (χ1v) is 9.73. The van der Waals surface area contributed by atoms with E-state index in [0.29, 0.717) is 37.2 Å². The highest BCUT2D eigenvalue weighted by Gasteiger charge is 2.13. The number of nitrogens with zero attached hydrogens (tertiary/aromatic N) is 1. The van der Waals surface area contributed by atoms with Crippen LogP contribution in [0.3, 0.4) is 0 Å². The lowest BCUT2D eigenvalue weighted by atomic mass is 10.1. The van der Waals surface area contributed by atoms with Crippen LogP contribution in [-0.2, 0) is 11.3 Å². The molecule has 1 amide bonds. The van der Waals surface area contributed by atoms with Crippen molar-refractivity contribution in [3.05, 3.63) is 47.9 Å². The summed E-state index contributed by atoms with van der Waals surface area (Å²) in [7, 11) is 1.66. The van der Waals surface area contributed by atoms with Crippen molar-refractivity contribution in [2.45, 2.75) is 33.4 Å². The van der Waals surface area contributed by atoms with Crippen LogP contribution in [0.4, 0.5) is 0 Å². The number of benzene rings is 1. The zero-order chi connectivity index (χ0) is 21.1. The predicted octanol–water partition coefficient (Wildman–Crippen LogP) is 3.24. The van der Waals surface area contributed by atoms with Gasteiger partial charge in [0.2, 0.25) is 5.91 Å². The number of guanidine groups is 1. The second-order valence-corrected chi connectivity index (χ2v) is 6.22. The first-order valence-electron chi connectivity index (χ1n) is 9.73. The Morgan fingerprint density at radius 3 is 2.50 bits per heavy atom. The number of hydrogen-bond donors (Lipinski definition) is 3. The topological polar surface area (TPSA) is 97.1 Å². The molecule has 2 rings (SSSR count). The summed E-state index contributed by atoms with van der Waals surface area (Å²) in [6.45, 7) is 7.46. The molecule has 30 heavy (non-hydrogen) atoms. The van der Waals surface area contributed by atoms with Gasteiger partial charge in [0.1, 0.15) is 5.76 Å². The normalized spacial score (nSPS) is 11.8. The van der Waals surface area contributed by atoms with Crippen LogP contribution in [0.2, 0.25) is 0 Å². The van der Waals surface area contributed by atoms with Crippen LogP contribution in [0.5, 0.6) is 11.5 Å². The quantitative estimate of drug-likeness (QED) is 0.248. The number of aliphatic imine (C=N–C) groups is 1. The molecule has 0 bridgehead atoms. The van der Waals surface area contributed by atoms with Gasteiger partial charge in [0, 0.05) is 7.05 Å². The summed E-state index contributed by atoms with van der Waals surface area (Å²) in [5, 5.41) is 9.07. The van der Waals surface area contributed by atoms with Crippen molar-refractivity contribution in [2.24, 2.45) is 4.99 Å². The van der Waals surface area contributed by atoms with Gasteiger partial charge in [0.15, 0.2) is 17.5 Å². The fraction of sp³-hybridized carbons (Fsp3) is 0.429. The lowest BCUT2D eigenvalue weighted by Crippen LogP contribution is -2.43. The molecule has 0 aliphatic heterocycles. The van der Waals surface area contributed by atoms with Crippen LogP contribution >= 0.6 is 24.0 Å². The molecule has 1 unspecified atom stereocenters. The molecule has 0 aliphatic rings. The van der Waals surface area contributed by atoms with E-state index in [2.05, 4.69) is 20.9 Å². The third-order valence-corrected chi connectivity index (χ3v) is 4.10. The van der Waals surface area contributed by atoms with Crippen molar-refractivity contribution in [3.8, 4) is 11.5 Å². The number of nitrogens with one attached hydrogen (secondary N) is 3. The van der Waals surface area contributed by atoms with Gasteiger partial charge in [-0.15, -0.1) is 24.0 Å². The molecule has 1 heterocycles. The molecule has 0 fully saturated rings. The van der Waals surface area contributed by atoms with E-state index in [4.69, 9.17) is 13.9 Å². The average Bonchev–Trinajstić information content (AvgIpc) is 3.24. The largest absolute Gasteiger partial charge is 0.490 e. The zero-order valence-corrected chi connectivity index (χ0v) is 20.2. The fourth-order valence-corrected chi connectivity index (χ4v) is 2.65. The number of hydrogen-bond acceptors (Lipinski definition) is 5. The van der Waals surface area contributed by atoms with Crippen LogP contribution in [0.1, 0.15) is 38.1 Å². The highest BCUT2D eigenvalue weighted by atomic mass is 127. The van der Waals surface area contributed by atoms with Crippen LogP contribution < -0.4 is 25.4 Å². The zero-order valence-electron chi connectivity index (χ0n) is 17.9. The van der Waals surface area contributed by atoms with E-state index in [-0.39, 0.29) is 42.5 Å². The Morgan fingerprint density at radius 1 is 1.13 bits per heavy atom. The van der Waals surface area contributed by atoms with Gasteiger partial charge in [0.25, 0.3) is 0 Å². The molecule has 2 aromatic rings.